The molecule has 37 heavy (non-hydrogen) atoms. The Morgan fingerprint density at radius 3 is 2.51 bits per heavy atom. The van der Waals surface area contributed by atoms with Crippen LogP contribution in [0.1, 0.15) is 29.6 Å². The average molecular weight is 521 g/mol. The van der Waals surface area contributed by atoms with Crippen molar-refractivity contribution in [2.75, 3.05) is 29.6 Å². The zero-order valence-electron chi connectivity index (χ0n) is 20.1. The van der Waals surface area contributed by atoms with Crippen molar-refractivity contribution in [3.63, 3.8) is 0 Å². The van der Waals surface area contributed by atoms with Crippen LogP contribution in [0.2, 0.25) is 0 Å². The van der Waals surface area contributed by atoms with E-state index in [9.17, 15) is 17.6 Å². The van der Waals surface area contributed by atoms with Gasteiger partial charge >= 0.3 is 0 Å². The van der Waals surface area contributed by atoms with Crippen molar-refractivity contribution < 1.29 is 22.3 Å². The lowest BCUT2D eigenvalue weighted by molar-refractivity contribution is 0.102. The molecule has 10 heteroatoms. The van der Waals surface area contributed by atoms with Gasteiger partial charge in [0.05, 0.1) is 0 Å². The third-order valence-corrected chi connectivity index (χ3v) is 7.01. The number of amides is 1. The van der Waals surface area contributed by atoms with Crippen LogP contribution in [0.4, 0.5) is 15.8 Å². The van der Waals surface area contributed by atoms with E-state index in [1.807, 2.05) is 24.3 Å². The zero-order valence-corrected chi connectivity index (χ0v) is 21.0. The molecule has 0 radical (unpaired) electrons. The van der Waals surface area contributed by atoms with E-state index in [4.69, 9.17) is 4.74 Å². The quantitative estimate of drug-likeness (QED) is 0.348. The SMILES string of the molecule is CS(=O)(=O)c1nccc(Oc2ccc(NC(=O)c3cc(F)cc(N4CCCCC4)c3)c3ccccc23)n1. The van der Waals surface area contributed by atoms with Crippen LogP contribution in [-0.4, -0.2) is 43.6 Å². The molecule has 0 bridgehead atoms. The standard InChI is InChI=1S/C27H25FN4O4S/c1-37(34,35)27-29-12-11-25(31-27)36-24-10-9-23(21-7-3-4-8-22(21)24)30-26(33)18-15-19(28)17-20(16-18)32-13-5-2-6-14-32/h3-4,7-12,15-17H,2,5-6,13-14H2,1H3,(H,30,33). The maximum atomic E-state index is 14.4. The number of carbonyl (C=O) groups excluding carboxylic acids is 1. The molecule has 2 heterocycles. The van der Waals surface area contributed by atoms with Crippen LogP contribution in [0.5, 0.6) is 11.6 Å². The number of nitrogens with one attached hydrogen (secondary N) is 1. The molecule has 1 amide bonds. The molecule has 0 spiro atoms. The molecule has 4 aromatic rings. The molecule has 5 rings (SSSR count). The topological polar surface area (TPSA) is 101 Å². The van der Waals surface area contributed by atoms with Crippen molar-refractivity contribution in [3.8, 4) is 11.6 Å². The largest absolute Gasteiger partial charge is 0.438 e. The first-order valence-electron chi connectivity index (χ1n) is 11.9. The van der Waals surface area contributed by atoms with Crippen molar-refractivity contribution in [2.45, 2.75) is 24.4 Å². The number of sulfone groups is 1. The number of benzene rings is 3. The van der Waals surface area contributed by atoms with Gasteiger partial charge in [-0.1, -0.05) is 24.3 Å². The summed E-state index contributed by atoms with van der Waals surface area (Å²) < 4.78 is 43.9. The smallest absolute Gasteiger partial charge is 0.255 e. The van der Waals surface area contributed by atoms with Crippen LogP contribution < -0.4 is 15.0 Å². The number of aromatic nitrogens is 2. The zero-order chi connectivity index (χ0) is 26.0. The highest BCUT2D eigenvalue weighted by molar-refractivity contribution is 7.90. The van der Waals surface area contributed by atoms with Crippen molar-refractivity contribution in [2.24, 2.45) is 0 Å². The van der Waals surface area contributed by atoms with Gasteiger partial charge in [0.15, 0.2) is 0 Å². The molecule has 0 saturated carbocycles. The van der Waals surface area contributed by atoms with Crippen LogP contribution in [0.3, 0.4) is 0 Å². The fraction of sp³-hybridized carbons (Fsp3) is 0.222. The van der Waals surface area contributed by atoms with Gasteiger partial charge in [-0.2, -0.15) is 4.98 Å². The molecular weight excluding hydrogens is 495 g/mol. The third kappa shape index (κ3) is 5.54. The van der Waals surface area contributed by atoms with Gasteiger partial charge in [-0.05, 0) is 49.6 Å². The number of fused-ring (bicyclic) bond motifs is 1. The maximum absolute atomic E-state index is 14.4. The number of nitrogens with zero attached hydrogens (tertiary/aromatic N) is 3. The Balaban J connectivity index is 1.43. The number of ether oxygens (including phenoxy) is 1. The lowest BCUT2D eigenvalue weighted by Gasteiger charge is -2.29. The fourth-order valence-electron chi connectivity index (χ4n) is 4.38. The minimum absolute atomic E-state index is 0.0716. The van der Waals surface area contributed by atoms with Crippen molar-refractivity contribution in [1.29, 1.82) is 0 Å². The third-order valence-electron chi connectivity index (χ3n) is 6.15. The molecule has 1 aliphatic heterocycles. The van der Waals surface area contributed by atoms with Crippen molar-refractivity contribution in [1.82, 2.24) is 9.97 Å². The second-order valence-corrected chi connectivity index (χ2v) is 10.8. The molecule has 0 unspecified atom stereocenters. The molecule has 0 aliphatic carbocycles. The highest BCUT2D eigenvalue weighted by Crippen LogP contribution is 2.34. The first kappa shape index (κ1) is 24.6. The summed E-state index contributed by atoms with van der Waals surface area (Å²) in [6, 6.07) is 16.5. The summed E-state index contributed by atoms with van der Waals surface area (Å²) in [6.07, 6.45) is 5.58. The number of anilines is 2. The lowest BCUT2D eigenvalue weighted by Crippen LogP contribution is -2.29. The maximum Gasteiger partial charge on any atom is 0.255 e. The Kier molecular flexibility index (Phi) is 6.75. The second-order valence-electron chi connectivity index (χ2n) is 8.91. The molecule has 190 valence electrons. The van der Waals surface area contributed by atoms with Gasteiger partial charge < -0.3 is 15.0 Å². The van der Waals surface area contributed by atoms with Gasteiger partial charge in [0.2, 0.25) is 20.9 Å². The summed E-state index contributed by atoms with van der Waals surface area (Å²) in [4.78, 5) is 23.0. The molecule has 0 atom stereocenters. The molecule has 3 aromatic carbocycles. The number of hydrogen-bond acceptors (Lipinski definition) is 7. The summed E-state index contributed by atoms with van der Waals surface area (Å²) in [7, 11) is -3.60. The Labute approximate surface area is 214 Å². The van der Waals surface area contributed by atoms with E-state index in [-0.39, 0.29) is 16.6 Å². The first-order chi connectivity index (χ1) is 17.8. The summed E-state index contributed by atoms with van der Waals surface area (Å²) in [5, 5.41) is 3.93. The fourth-order valence-corrected chi connectivity index (χ4v) is 4.89. The highest BCUT2D eigenvalue weighted by atomic mass is 32.2. The predicted molar refractivity (Wildman–Crippen MR) is 140 cm³/mol. The molecule has 1 saturated heterocycles. The van der Waals surface area contributed by atoms with E-state index in [1.54, 1.807) is 18.2 Å². The Bertz CT molecular complexity index is 1590. The summed E-state index contributed by atoms with van der Waals surface area (Å²) >= 11 is 0. The van der Waals surface area contributed by atoms with Gasteiger partial charge in [-0.25, -0.2) is 17.8 Å². The Morgan fingerprint density at radius 2 is 1.76 bits per heavy atom. The highest BCUT2D eigenvalue weighted by Gasteiger charge is 2.18. The summed E-state index contributed by atoms with van der Waals surface area (Å²) in [5.74, 6) is -0.391. The second kappa shape index (κ2) is 10.1. The number of carbonyl (C=O) groups is 1. The van der Waals surface area contributed by atoms with E-state index < -0.39 is 21.6 Å². The monoisotopic (exact) mass is 520 g/mol. The van der Waals surface area contributed by atoms with Gasteiger partial charge in [0, 0.05) is 59.3 Å². The van der Waals surface area contributed by atoms with Crippen LogP contribution in [0.25, 0.3) is 10.8 Å². The molecule has 8 nitrogen and oxygen atoms in total. The van der Waals surface area contributed by atoms with E-state index >= 15 is 0 Å². The number of rotatable bonds is 6. The first-order valence-corrected chi connectivity index (χ1v) is 13.8. The Hall–Kier alpha value is -4.05. The van der Waals surface area contributed by atoms with Crippen molar-refractivity contribution in [3.05, 3.63) is 78.2 Å². The van der Waals surface area contributed by atoms with E-state index in [0.717, 1.165) is 38.6 Å². The van der Waals surface area contributed by atoms with E-state index in [2.05, 4.69) is 20.2 Å². The van der Waals surface area contributed by atoms with Gasteiger partial charge in [-0.15, -0.1) is 0 Å². The number of halogens is 1. The average Bonchev–Trinajstić information content (AvgIpc) is 2.90. The number of piperidine rings is 1. The van der Waals surface area contributed by atoms with Crippen LogP contribution >= 0.6 is 0 Å². The molecule has 1 aliphatic rings. The van der Waals surface area contributed by atoms with Gasteiger partial charge in [-0.3, -0.25) is 4.79 Å². The lowest BCUT2D eigenvalue weighted by atomic mass is 10.1. The van der Waals surface area contributed by atoms with Crippen LogP contribution in [0, 0.1) is 5.82 Å². The Morgan fingerprint density at radius 1 is 1.00 bits per heavy atom. The molecule has 1 fully saturated rings. The summed E-state index contributed by atoms with van der Waals surface area (Å²) in [5.41, 5.74) is 1.47. The van der Waals surface area contributed by atoms with E-state index in [1.165, 1.54) is 24.4 Å². The van der Waals surface area contributed by atoms with Gasteiger partial charge in [0.25, 0.3) is 5.91 Å². The van der Waals surface area contributed by atoms with Gasteiger partial charge in [0.1, 0.15) is 11.6 Å². The van der Waals surface area contributed by atoms with Crippen LogP contribution in [0.15, 0.2) is 72.0 Å². The molecule has 1 aromatic heterocycles. The predicted octanol–water partition coefficient (Wildman–Crippen LogP) is 5.21. The van der Waals surface area contributed by atoms with Crippen LogP contribution in [-0.2, 0) is 9.84 Å². The summed E-state index contributed by atoms with van der Waals surface area (Å²) in [6.45, 7) is 1.68. The molecular formula is C27H25FN4O4S. The molecule has 1 N–H and O–H groups in total. The normalized spacial score (nSPS) is 13.9. The van der Waals surface area contributed by atoms with Crippen molar-refractivity contribution >= 4 is 37.9 Å². The minimum atomic E-state index is -3.60. The van der Waals surface area contributed by atoms with E-state index in [0.29, 0.717) is 27.9 Å². The number of hydrogen-bond donors (Lipinski definition) is 1. The minimum Gasteiger partial charge on any atom is -0.438 e.